The third kappa shape index (κ3) is 36.7. The molecule has 0 spiro atoms. The molecule has 14 bridgehead atoms. The number of carbonyl (C=O) groups excluding carboxylic acids is 1. The monoisotopic (exact) mass is 1450 g/mol. The summed E-state index contributed by atoms with van der Waals surface area (Å²) in [5.41, 5.74) is 11.5. The summed E-state index contributed by atoms with van der Waals surface area (Å²) in [6.07, 6.45) is 58.2. The van der Waals surface area contributed by atoms with Crippen LogP contribution in [0.2, 0.25) is 0 Å². The molecule has 5 nitrogen and oxygen atoms in total. The van der Waals surface area contributed by atoms with E-state index in [4.69, 9.17) is 18.9 Å². The van der Waals surface area contributed by atoms with E-state index in [1.165, 1.54) is 257 Å². The SMILES string of the molecule is CCOC(=O)c1cc2c(OC)c(c1)-c1ccc(cc1)C#Cc1ccc(cc1)OCCCCCCCCCCCCCCCCCCCCCCCC#Cc1ccc(cc1)C#CC#Cc1ccc(cc1)C#CCCCCCCCCCCCCCCCCCCCCCCCOc1ccc(cc1)C#Cc1ccc-2cc1. The van der Waals surface area contributed by atoms with Gasteiger partial charge < -0.3 is 18.9 Å². The van der Waals surface area contributed by atoms with Crippen molar-refractivity contribution in [3.8, 4) is 111 Å². The van der Waals surface area contributed by atoms with Gasteiger partial charge in [0.1, 0.15) is 17.2 Å². The van der Waals surface area contributed by atoms with Gasteiger partial charge in [0.25, 0.3) is 0 Å². The Morgan fingerprint density at radius 2 is 0.523 bits per heavy atom. The Bertz CT molecular complexity index is 3810. The maximum absolute atomic E-state index is 13.3. The molecule has 0 saturated heterocycles. The second-order valence-corrected chi connectivity index (χ2v) is 29.8. The van der Waals surface area contributed by atoms with Gasteiger partial charge in [0.2, 0.25) is 0 Å². The molecule has 9 heterocycles. The van der Waals surface area contributed by atoms with Crippen LogP contribution < -0.4 is 14.2 Å². The highest BCUT2D eigenvalue weighted by Crippen LogP contribution is 2.41. The quantitative estimate of drug-likeness (QED) is 0.130. The van der Waals surface area contributed by atoms with E-state index in [1.807, 2.05) is 140 Å². The van der Waals surface area contributed by atoms with E-state index in [1.54, 1.807) is 7.11 Å². The van der Waals surface area contributed by atoms with Crippen LogP contribution in [0.1, 0.15) is 344 Å². The third-order valence-electron chi connectivity index (χ3n) is 20.7. The van der Waals surface area contributed by atoms with Gasteiger partial charge in [-0.05, 0) is 189 Å². The van der Waals surface area contributed by atoms with Crippen molar-refractivity contribution in [1.82, 2.24) is 0 Å². The normalized spacial score (nSPS) is 16.3. The zero-order valence-electron chi connectivity index (χ0n) is 66.8. The molecule has 16 rings (SSSR count). The van der Waals surface area contributed by atoms with Crippen molar-refractivity contribution >= 4 is 5.97 Å². The molecule has 7 aromatic carbocycles. The Kier molecular flexibility index (Phi) is 43.2. The van der Waals surface area contributed by atoms with Crippen LogP contribution in [-0.4, -0.2) is 32.9 Å². The lowest BCUT2D eigenvalue weighted by Gasteiger charge is -2.17. The van der Waals surface area contributed by atoms with Crippen LogP contribution in [0.3, 0.4) is 0 Å². The molecule has 0 amide bonds. The van der Waals surface area contributed by atoms with Crippen molar-refractivity contribution in [2.75, 3.05) is 26.9 Å². The average Bonchev–Trinajstić information content (AvgIpc) is 0.780. The van der Waals surface area contributed by atoms with Crippen LogP contribution >= 0.6 is 0 Å². The first kappa shape index (κ1) is 85.4. The molecule has 5 heteroatoms. The largest absolute Gasteiger partial charge is 0.495 e. The fraction of sp³-hybridized carbons (Fsp3) is 0.471. The van der Waals surface area contributed by atoms with E-state index in [0.717, 1.165) is 117 Å². The first-order valence-corrected chi connectivity index (χ1v) is 42.8. The number of ether oxygens (including phenoxy) is 4. The van der Waals surface area contributed by atoms with E-state index in [-0.39, 0.29) is 12.6 Å². The molecule has 0 saturated carbocycles. The number of hydrogen-bond acceptors (Lipinski definition) is 5. The van der Waals surface area contributed by atoms with Crippen LogP contribution in [-0.2, 0) is 4.74 Å². The molecule has 572 valence electrons. The minimum atomic E-state index is -0.386. The van der Waals surface area contributed by atoms with Crippen molar-refractivity contribution in [3.05, 3.63) is 208 Å². The van der Waals surface area contributed by atoms with E-state index in [9.17, 15) is 4.79 Å². The van der Waals surface area contributed by atoms with Crippen molar-refractivity contribution in [3.63, 3.8) is 0 Å². The lowest BCUT2D eigenvalue weighted by molar-refractivity contribution is 0.0526. The van der Waals surface area contributed by atoms with Gasteiger partial charge in [0.05, 0.1) is 32.5 Å². The molecule has 0 N–H and O–H groups in total. The Morgan fingerprint density at radius 1 is 0.294 bits per heavy atom. The molecule has 9 aliphatic heterocycles. The highest BCUT2D eigenvalue weighted by molar-refractivity contribution is 5.96. The number of benzene rings is 7. The molecule has 7 aromatic rings. The van der Waals surface area contributed by atoms with Crippen LogP contribution in [0.5, 0.6) is 17.2 Å². The summed E-state index contributed by atoms with van der Waals surface area (Å²) in [5.74, 6) is 41.2. The summed E-state index contributed by atoms with van der Waals surface area (Å²) in [6, 6.07) is 52.5. The molecule has 109 heavy (non-hydrogen) atoms. The number of hydrogen-bond donors (Lipinski definition) is 0. The highest BCUT2D eigenvalue weighted by atomic mass is 16.5. The molecule has 0 atom stereocenters. The van der Waals surface area contributed by atoms with Gasteiger partial charge in [-0.25, -0.2) is 4.79 Å². The van der Waals surface area contributed by atoms with Crippen LogP contribution in [0, 0.1) is 71.0 Å². The van der Waals surface area contributed by atoms with Gasteiger partial charge in [-0.2, -0.15) is 0 Å². The maximum atomic E-state index is 13.3. The van der Waals surface area contributed by atoms with Crippen molar-refractivity contribution < 1.29 is 23.7 Å². The Morgan fingerprint density at radius 3 is 0.789 bits per heavy atom. The van der Waals surface area contributed by atoms with Gasteiger partial charge in [0, 0.05) is 68.5 Å². The number of methoxy groups -OCH3 is 1. The van der Waals surface area contributed by atoms with E-state index >= 15 is 0 Å². The molecule has 0 unspecified atom stereocenters. The lowest BCUT2D eigenvalue weighted by Crippen LogP contribution is -2.06. The summed E-state index contributed by atoms with van der Waals surface area (Å²) < 4.78 is 23.9. The zero-order valence-corrected chi connectivity index (χ0v) is 66.8. The van der Waals surface area contributed by atoms with Crippen LogP contribution in [0.15, 0.2) is 158 Å². The summed E-state index contributed by atoms with van der Waals surface area (Å²) in [4.78, 5) is 13.3. The summed E-state index contributed by atoms with van der Waals surface area (Å²) >= 11 is 0. The molecule has 0 aliphatic carbocycles. The fourth-order valence-corrected chi connectivity index (χ4v) is 14.2. The molecule has 0 radical (unpaired) electrons. The number of rotatable bonds is 3. The minimum Gasteiger partial charge on any atom is -0.495 e. The first-order chi connectivity index (χ1) is 54.0. The highest BCUT2D eigenvalue weighted by Gasteiger charge is 2.19. The summed E-state index contributed by atoms with van der Waals surface area (Å²) in [6.45, 7) is 3.57. The van der Waals surface area contributed by atoms with E-state index < -0.39 is 0 Å². The van der Waals surface area contributed by atoms with Crippen molar-refractivity contribution in [2.45, 2.75) is 289 Å². The smallest absolute Gasteiger partial charge is 0.338 e. The van der Waals surface area contributed by atoms with E-state index in [2.05, 4.69) is 95.3 Å². The first-order valence-electron chi connectivity index (χ1n) is 42.8. The zero-order chi connectivity index (χ0) is 75.7. The average molecular weight is 1460 g/mol. The number of esters is 1. The molecule has 0 aromatic heterocycles. The summed E-state index contributed by atoms with van der Waals surface area (Å²) in [7, 11) is 1.67. The predicted octanol–water partition coefficient (Wildman–Crippen LogP) is 27.7. The second kappa shape index (κ2) is 55.2. The van der Waals surface area contributed by atoms with Crippen LogP contribution in [0.4, 0.5) is 0 Å². The van der Waals surface area contributed by atoms with Gasteiger partial charge in [-0.1, -0.05) is 327 Å². The Hall–Kier alpha value is -9.23. The van der Waals surface area contributed by atoms with Gasteiger partial charge in [0.15, 0.2) is 0 Å². The van der Waals surface area contributed by atoms with Crippen molar-refractivity contribution in [1.29, 1.82) is 0 Å². The molecular weight excluding hydrogens is 1330 g/mol. The molecule has 0 fully saturated rings. The maximum Gasteiger partial charge on any atom is 0.338 e. The van der Waals surface area contributed by atoms with E-state index in [0.29, 0.717) is 11.3 Å². The second-order valence-electron chi connectivity index (χ2n) is 29.8. The lowest BCUT2D eigenvalue weighted by atomic mass is 9.93. The minimum absolute atomic E-state index is 0.273. The van der Waals surface area contributed by atoms with Gasteiger partial charge >= 0.3 is 5.97 Å². The number of fused-ring (bicyclic) bond motifs is 2. The fourth-order valence-electron chi connectivity index (χ4n) is 14.2. The Labute approximate surface area is 660 Å². The summed E-state index contributed by atoms with van der Waals surface area (Å²) in [5, 5.41) is 0. The van der Waals surface area contributed by atoms with Crippen molar-refractivity contribution in [2.24, 2.45) is 0 Å². The van der Waals surface area contributed by atoms with Gasteiger partial charge in [-0.3, -0.25) is 0 Å². The molecular formula is C104H126O5. The predicted molar refractivity (Wildman–Crippen MR) is 459 cm³/mol. The number of carbonyl (C=O) groups is 1. The van der Waals surface area contributed by atoms with Crippen LogP contribution in [0.25, 0.3) is 22.3 Å². The topological polar surface area (TPSA) is 54.0 Å². The standard InChI is InChI=1S/C104H126O5/c1-3-107-104(105)98-86-101-96-76-68-92(69-77-96)64-66-94-72-80-99(81-73-94)108-84-50-44-40-36-32-28-24-20-16-12-8-4-6-10-14-18-22-26-30-34-38-42-46-52-88-56-60-90(61-57-88)54-48-49-55-91-62-58-89(59-63-91)53-47-43-39-35-31-27-23-19-15-11-7-5-9-13-17-21-25-29-33-37-41-45-51-85-109-100-82-74-95(75-83-100)67-65-93-70-78-97(79-71-93)102(87-98)103(101)106-2/h56-63,68-83,86-87H,3-45,50-51,84-85H2,1-2H3. The molecule has 9 aliphatic rings. The van der Waals surface area contributed by atoms with Gasteiger partial charge in [-0.15, -0.1) is 0 Å². The third-order valence-corrected chi connectivity index (χ3v) is 20.7. The Balaban J connectivity index is 0.724.